The highest BCUT2D eigenvalue weighted by molar-refractivity contribution is 5.91. The molecule has 12 nitrogen and oxygen atoms in total. The van der Waals surface area contributed by atoms with Gasteiger partial charge in [0.15, 0.2) is 5.82 Å². The number of carbonyl (C=O) groups excluding carboxylic acids is 1. The van der Waals surface area contributed by atoms with Crippen LogP contribution < -0.4 is 20.4 Å². The minimum Gasteiger partial charge on any atom is -0.390 e. The van der Waals surface area contributed by atoms with E-state index >= 15 is 0 Å². The number of anilines is 3. The first-order valence-electron chi connectivity index (χ1n) is 16.7. The van der Waals surface area contributed by atoms with E-state index in [4.69, 9.17) is 9.97 Å². The lowest BCUT2D eigenvalue weighted by atomic mass is 9.85. The largest absolute Gasteiger partial charge is 0.390 e. The number of nitrogens with one attached hydrogen (secondary N) is 2. The zero-order valence-corrected chi connectivity index (χ0v) is 28.0. The number of urea groups is 1. The Morgan fingerprint density at radius 1 is 1.04 bits per heavy atom. The fraction of sp³-hybridized carbons (Fsp3) is 0.444. The van der Waals surface area contributed by atoms with Crippen LogP contribution in [0.2, 0.25) is 0 Å². The molecule has 4 heterocycles. The molecular weight excluding hydrogens is 604 g/mol. The standard InChI is InChI=1S/C36H44N10O2/c1-24-31(36(2,3)48)16-17-45(24)33-27(18-37)21-39-34(43-33)42-29-11-13-30(14-12-29)46(35(47)40-19-25-8-6-5-7-9-25)32-15-10-26(20-38-32)28-22-41-44(4)23-28/h5-10,15,20-24,29-31,48H,11-14,16-17,19H2,1-4H3,(H,40,47)(H,39,42,43)/t24-,29?,30?,31-/m1/s1. The van der Waals surface area contributed by atoms with E-state index in [1.54, 1.807) is 28.2 Å². The Balaban J connectivity index is 1.15. The third-order valence-corrected chi connectivity index (χ3v) is 9.76. The highest BCUT2D eigenvalue weighted by atomic mass is 16.3. The highest BCUT2D eigenvalue weighted by Gasteiger charge is 2.41. The molecule has 1 aliphatic carbocycles. The summed E-state index contributed by atoms with van der Waals surface area (Å²) in [6.07, 6.45) is 11.1. The average molecular weight is 649 g/mol. The predicted octanol–water partition coefficient (Wildman–Crippen LogP) is 5.27. The molecule has 2 fully saturated rings. The van der Waals surface area contributed by atoms with Gasteiger partial charge in [-0.25, -0.2) is 14.8 Å². The summed E-state index contributed by atoms with van der Waals surface area (Å²) >= 11 is 0. The normalized spacial score (nSPS) is 21.0. The molecule has 2 amide bonds. The van der Waals surface area contributed by atoms with Crippen molar-refractivity contribution in [1.29, 1.82) is 5.26 Å². The van der Waals surface area contributed by atoms with Crippen molar-refractivity contribution < 1.29 is 9.90 Å². The van der Waals surface area contributed by atoms with E-state index in [0.717, 1.165) is 48.8 Å². The zero-order chi connectivity index (χ0) is 33.8. The van der Waals surface area contributed by atoms with Gasteiger partial charge in [-0.1, -0.05) is 30.3 Å². The Hall–Kier alpha value is -5.02. The summed E-state index contributed by atoms with van der Waals surface area (Å²) in [6, 6.07) is 15.9. The number of pyridine rings is 1. The number of nitrogens with zero attached hydrogens (tertiary/aromatic N) is 8. The van der Waals surface area contributed by atoms with Gasteiger partial charge in [0.1, 0.15) is 17.5 Å². The van der Waals surface area contributed by atoms with E-state index in [9.17, 15) is 15.2 Å². The fourth-order valence-corrected chi connectivity index (χ4v) is 7.17. The smallest absolute Gasteiger partial charge is 0.323 e. The molecule has 250 valence electrons. The molecule has 1 aromatic carbocycles. The maximum Gasteiger partial charge on any atom is 0.323 e. The van der Waals surface area contributed by atoms with Crippen molar-refractivity contribution in [3.8, 4) is 17.2 Å². The number of nitriles is 1. The number of hydrogen-bond donors (Lipinski definition) is 3. The van der Waals surface area contributed by atoms with Crippen LogP contribution in [-0.4, -0.2) is 66.1 Å². The summed E-state index contributed by atoms with van der Waals surface area (Å²) in [5.74, 6) is 1.76. The van der Waals surface area contributed by atoms with Crippen molar-refractivity contribution in [3.63, 3.8) is 0 Å². The van der Waals surface area contributed by atoms with Gasteiger partial charge >= 0.3 is 6.03 Å². The third-order valence-electron chi connectivity index (χ3n) is 9.76. The van der Waals surface area contributed by atoms with E-state index in [1.165, 1.54) is 0 Å². The molecule has 0 bridgehead atoms. The second-order valence-corrected chi connectivity index (χ2v) is 13.5. The molecular formula is C36H44N10O2. The number of aromatic nitrogens is 5. The van der Waals surface area contributed by atoms with Crippen LogP contribution >= 0.6 is 0 Å². The van der Waals surface area contributed by atoms with Crippen molar-refractivity contribution in [2.45, 2.75) is 83.1 Å². The van der Waals surface area contributed by atoms with E-state index in [0.29, 0.717) is 36.2 Å². The molecule has 0 spiro atoms. The molecule has 1 aliphatic heterocycles. The Labute approximate surface area is 281 Å². The number of amides is 2. The minimum atomic E-state index is -0.822. The Bertz CT molecular complexity index is 1740. The lowest BCUT2D eigenvalue weighted by molar-refractivity contribution is 0.0156. The van der Waals surface area contributed by atoms with Gasteiger partial charge in [-0.15, -0.1) is 0 Å². The summed E-state index contributed by atoms with van der Waals surface area (Å²) in [6.45, 7) is 6.90. The maximum absolute atomic E-state index is 13.8. The molecule has 1 saturated carbocycles. The summed E-state index contributed by atoms with van der Waals surface area (Å²) in [5, 5.41) is 31.4. The topological polar surface area (TPSA) is 148 Å². The Kier molecular flexibility index (Phi) is 9.59. The molecule has 3 aromatic heterocycles. The van der Waals surface area contributed by atoms with Crippen molar-refractivity contribution in [2.24, 2.45) is 13.0 Å². The van der Waals surface area contributed by atoms with Crippen LogP contribution in [0.3, 0.4) is 0 Å². The molecule has 2 aliphatic rings. The number of carbonyl (C=O) groups is 1. The molecule has 6 rings (SSSR count). The molecule has 12 heteroatoms. The lowest BCUT2D eigenvalue weighted by Crippen LogP contribution is -2.49. The molecule has 1 saturated heterocycles. The van der Waals surface area contributed by atoms with Crippen molar-refractivity contribution in [3.05, 3.63) is 78.4 Å². The fourth-order valence-electron chi connectivity index (χ4n) is 7.17. The van der Waals surface area contributed by atoms with Crippen molar-refractivity contribution >= 4 is 23.6 Å². The number of hydrogen-bond acceptors (Lipinski definition) is 9. The van der Waals surface area contributed by atoms with Gasteiger partial charge in [0.2, 0.25) is 5.95 Å². The zero-order valence-electron chi connectivity index (χ0n) is 28.0. The molecule has 0 unspecified atom stereocenters. The van der Waals surface area contributed by atoms with Gasteiger partial charge in [0, 0.05) is 67.7 Å². The number of aryl methyl sites for hydroxylation is 1. The first kappa shape index (κ1) is 32.9. The lowest BCUT2D eigenvalue weighted by Gasteiger charge is -2.36. The summed E-state index contributed by atoms with van der Waals surface area (Å²) < 4.78 is 1.75. The van der Waals surface area contributed by atoms with Gasteiger partial charge in [-0.2, -0.15) is 15.3 Å². The average Bonchev–Trinajstić information content (AvgIpc) is 3.71. The second-order valence-electron chi connectivity index (χ2n) is 13.5. The minimum absolute atomic E-state index is 0.0290. The number of benzene rings is 1. The Morgan fingerprint density at radius 2 is 1.81 bits per heavy atom. The van der Waals surface area contributed by atoms with Crippen LogP contribution in [0.4, 0.5) is 22.4 Å². The molecule has 3 N–H and O–H groups in total. The maximum atomic E-state index is 13.8. The van der Waals surface area contributed by atoms with E-state index < -0.39 is 5.60 Å². The molecule has 4 aromatic rings. The van der Waals surface area contributed by atoms with Gasteiger partial charge in [-0.05, 0) is 70.6 Å². The van der Waals surface area contributed by atoms with Gasteiger partial charge in [0.25, 0.3) is 0 Å². The van der Waals surface area contributed by atoms with E-state index in [-0.39, 0.29) is 30.1 Å². The van der Waals surface area contributed by atoms with Crippen LogP contribution in [0, 0.1) is 17.2 Å². The van der Waals surface area contributed by atoms with Crippen LogP contribution in [0.15, 0.2) is 67.3 Å². The van der Waals surface area contributed by atoms with Crippen molar-refractivity contribution in [2.75, 3.05) is 21.7 Å². The monoisotopic (exact) mass is 648 g/mol. The quantitative estimate of drug-likeness (QED) is 0.221. The summed E-state index contributed by atoms with van der Waals surface area (Å²) in [7, 11) is 1.88. The second kappa shape index (κ2) is 14.0. The van der Waals surface area contributed by atoms with Gasteiger partial charge < -0.3 is 20.6 Å². The van der Waals surface area contributed by atoms with Gasteiger partial charge in [-0.3, -0.25) is 9.58 Å². The molecule has 48 heavy (non-hydrogen) atoms. The van der Waals surface area contributed by atoms with Crippen LogP contribution in [0.5, 0.6) is 0 Å². The highest BCUT2D eigenvalue weighted by Crippen LogP contribution is 2.37. The first-order chi connectivity index (χ1) is 23.1. The summed E-state index contributed by atoms with van der Waals surface area (Å²) in [5.41, 5.74) is 2.53. The predicted molar refractivity (Wildman–Crippen MR) is 185 cm³/mol. The van der Waals surface area contributed by atoms with Crippen LogP contribution in [0.25, 0.3) is 11.1 Å². The van der Waals surface area contributed by atoms with Crippen LogP contribution in [0.1, 0.15) is 64.0 Å². The van der Waals surface area contributed by atoms with Crippen molar-refractivity contribution in [1.82, 2.24) is 30.0 Å². The van der Waals surface area contributed by atoms with Crippen LogP contribution in [-0.2, 0) is 13.6 Å². The SMILES string of the molecule is C[C@@H]1[C@H](C(C)(C)O)CCN1c1nc(NC2CCC(N(C(=O)NCc3ccccc3)c3ccc(-c4cnn(C)c4)cn3)CC2)ncc1C#N. The molecule has 2 atom stereocenters. The van der Waals surface area contributed by atoms with E-state index in [1.807, 2.05) is 69.6 Å². The molecule has 0 radical (unpaired) electrons. The third kappa shape index (κ3) is 7.26. The van der Waals surface area contributed by atoms with E-state index in [2.05, 4.69) is 38.6 Å². The summed E-state index contributed by atoms with van der Waals surface area (Å²) in [4.78, 5) is 31.7. The number of aliphatic hydroxyl groups is 1. The first-order valence-corrected chi connectivity index (χ1v) is 16.7. The van der Waals surface area contributed by atoms with Gasteiger partial charge in [0.05, 0.1) is 18.0 Å². The number of rotatable bonds is 9. The Morgan fingerprint density at radius 3 is 2.44 bits per heavy atom.